The molecule has 2 rings (SSSR count). The van der Waals surface area contributed by atoms with Gasteiger partial charge in [0.05, 0.1) is 14.3 Å². The summed E-state index contributed by atoms with van der Waals surface area (Å²) < 4.78 is 1.01. The summed E-state index contributed by atoms with van der Waals surface area (Å²) in [5, 5.41) is 0.0527. The van der Waals surface area contributed by atoms with Crippen molar-refractivity contribution in [2.45, 2.75) is 23.3 Å². The molecule has 1 aliphatic heterocycles. The van der Waals surface area contributed by atoms with E-state index in [0.717, 1.165) is 16.1 Å². The van der Waals surface area contributed by atoms with Crippen molar-refractivity contribution < 1.29 is 9.59 Å². The van der Waals surface area contributed by atoms with Crippen molar-refractivity contribution in [3.05, 3.63) is 16.5 Å². The Labute approximate surface area is 90.7 Å². The number of hydrogen-bond acceptors (Lipinski definition) is 4. The Morgan fingerprint density at radius 1 is 1.50 bits per heavy atom. The second-order valence-electron chi connectivity index (χ2n) is 3.61. The van der Waals surface area contributed by atoms with Crippen LogP contribution in [0.5, 0.6) is 0 Å². The molecule has 0 aromatic carbocycles. The molecule has 0 aliphatic carbocycles. The summed E-state index contributed by atoms with van der Waals surface area (Å²) >= 11 is 3.02. The second kappa shape index (κ2) is 3.51. The first-order chi connectivity index (χ1) is 6.63. The Hall–Kier alpha value is -0.610. The van der Waals surface area contributed by atoms with Crippen molar-refractivity contribution in [1.29, 1.82) is 0 Å². The number of carbonyl (C=O) groups is 2. The van der Waals surface area contributed by atoms with Crippen LogP contribution in [0.1, 0.15) is 33.9 Å². The van der Waals surface area contributed by atoms with Crippen LogP contribution in [0.15, 0.2) is 10.3 Å². The molecule has 4 heteroatoms. The summed E-state index contributed by atoms with van der Waals surface area (Å²) in [6.45, 7) is 4.10. The van der Waals surface area contributed by atoms with E-state index in [-0.39, 0.29) is 11.0 Å². The average Bonchev–Trinajstić information content (AvgIpc) is 2.65. The first kappa shape index (κ1) is 9.93. The third kappa shape index (κ3) is 1.42. The van der Waals surface area contributed by atoms with E-state index in [9.17, 15) is 9.59 Å². The molecule has 2 heterocycles. The molecule has 0 fully saturated rings. The van der Waals surface area contributed by atoms with Crippen molar-refractivity contribution in [1.82, 2.24) is 0 Å². The highest BCUT2D eigenvalue weighted by Gasteiger charge is 2.35. The van der Waals surface area contributed by atoms with Gasteiger partial charge in [0.15, 0.2) is 12.1 Å². The van der Waals surface area contributed by atoms with E-state index in [1.807, 2.05) is 13.8 Å². The van der Waals surface area contributed by atoms with Gasteiger partial charge in [-0.15, -0.1) is 23.1 Å². The summed E-state index contributed by atoms with van der Waals surface area (Å²) in [6.07, 6.45) is 0.807. The zero-order valence-electron chi connectivity index (χ0n) is 7.94. The molecule has 74 valence electrons. The van der Waals surface area contributed by atoms with Gasteiger partial charge >= 0.3 is 0 Å². The SMILES string of the molecule is CC(C)C1Sc2sc(C=O)cc2C1=O. The van der Waals surface area contributed by atoms with Gasteiger partial charge in [0.25, 0.3) is 0 Å². The van der Waals surface area contributed by atoms with E-state index < -0.39 is 0 Å². The highest BCUT2D eigenvalue weighted by atomic mass is 32.2. The summed E-state index contributed by atoms with van der Waals surface area (Å²) in [6, 6.07) is 1.71. The van der Waals surface area contributed by atoms with E-state index in [0.29, 0.717) is 10.8 Å². The maximum atomic E-state index is 11.8. The zero-order chi connectivity index (χ0) is 10.3. The smallest absolute Gasteiger partial charge is 0.178 e. The standard InChI is InChI=1S/C10H10O2S2/c1-5(2)9-8(12)7-3-6(4-11)13-10(7)14-9/h3-5,9H,1-2H3. The lowest BCUT2D eigenvalue weighted by molar-refractivity contribution is 0.0978. The van der Waals surface area contributed by atoms with Crippen LogP contribution in [-0.4, -0.2) is 17.3 Å². The van der Waals surface area contributed by atoms with Gasteiger partial charge in [-0.25, -0.2) is 0 Å². The lowest BCUT2D eigenvalue weighted by Gasteiger charge is -2.10. The molecule has 1 aliphatic rings. The molecule has 1 unspecified atom stereocenters. The zero-order valence-corrected chi connectivity index (χ0v) is 9.58. The predicted molar refractivity (Wildman–Crippen MR) is 58.5 cm³/mol. The van der Waals surface area contributed by atoms with Gasteiger partial charge in [-0.1, -0.05) is 13.8 Å². The first-order valence-corrected chi connectivity index (χ1v) is 6.13. The molecule has 0 radical (unpaired) electrons. The van der Waals surface area contributed by atoms with Gasteiger partial charge in [-0.05, 0) is 12.0 Å². The van der Waals surface area contributed by atoms with Crippen LogP contribution >= 0.6 is 23.1 Å². The van der Waals surface area contributed by atoms with Crippen LogP contribution in [0.25, 0.3) is 0 Å². The topological polar surface area (TPSA) is 34.1 Å². The predicted octanol–water partition coefficient (Wildman–Crippen LogP) is 2.87. The molecule has 0 saturated carbocycles. The number of aldehydes is 1. The van der Waals surface area contributed by atoms with Crippen molar-refractivity contribution in [3.8, 4) is 0 Å². The van der Waals surface area contributed by atoms with E-state index in [1.54, 1.807) is 17.8 Å². The van der Waals surface area contributed by atoms with E-state index in [2.05, 4.69) is 0 Å². The Morgan fingerprint density at radius 3 is 2.71 bits per heavy atom. The van der Waals surface area contributed by atoms with Gasteiger partial charge in [0.1, 0.15) is 0 Å². The molecule has 0 spiro atoms. The minimum absolute atomic E-state index is 0.0527. The van der Waals surface area contributed by atoms with Gasteiger partial charge in [-0.3, -0.25) is 9.59 Å². The Balaban J connectivity index is 2.35. The molecule has 1 aromatic rings. The fraction of sp³-hybridized carbons (Fsp3) is 0.400. The van der Waals surface area contributed by atoms with Crippen LogP contribution in [0, 0.1) is 5.92 Å². The molecule has 0 bridgehead atoms. The number of thiophene rings is 1. The van der Waals surface area contributed by atoms with Crippen LogP contribution in [0.3, 0.4) is 0 Å². The molecule has 0 N–H and O–H groups in total. The highest BCUT2D eigenvalue weighted by molar-refractivity contribution is 8.03. The molecule has 0 saturated heterocycles. The Bertz CT molecular complexity index is 393. The monoisotopic (exact) mass is 226 g/mol. The summed E-state index contributed by atoms with van der Waals surface area (Å²) in [7, 11) is 0. The van der Waals surface area contributed by atoms with Gasteiger partial charge in [0.2, 0.25) is 0 Å². The maximum Gasteiger partial charge on any atom is 0.178 e. The Kier molecular flexibility index (Phi) is 2.49. The van der Waals surface area contributed by atoms with Crippen molar-refractivity contribution in [2.24, 2.45) is 5.92 Å². The van der Waals surface area contributed by atoms with E-state index in [1.165, 1.54) is 11.3 Å². The largest absolute Gasteiger partial charge is 0.297 e. The second-order valence-corrected chi connectivity index (χ2v) is 6.11. The number of hydrogen-bond donors (Lipinski definition) is 0. The Morgan fingerprint density at radius 2 is 2.21 bits per heavy atom. The normalized spacial score (nSPS) is 20.2. The van der Waals surface area contributed by atoms with Gasteiger partial charge < -0.3 is 0 Å². The lowest BCUT2D eigenvalue weighted by atomic mass is 10.0. The number of Topliss-reactive ketones (excluding diaryl/α,β-unsaturated/α-hetero) is 1. The fourth-order valence-electron chi connectivity index (χ4n) is 1.47. The third-order valence-electron chi connectivity index (χ3n) is 2.20. The van der Waals surface area contributed by atoms with Crippen LogP contribution in [0.4, 0.5) is 0 Å². The highest BCUT2D eigenvalue weighted by Crippen LogP contribution is 2.44. The van der Waals surface area contributed by atoms with E-state index in [4.69, 9.17) is 0 Å². The minimum atomic E-state index is 0.0527. The number of carbonyl (C=O) groups excluding carboxylic acids is 2. The van der Waals surface area contributed by atoms with Gasteiger partial charge in [0, 0.05) is 5.56 Å². The maximum absolute atomic E-state index is 11.8. The average molecular weight is 226 g/mol. The minimum Gasteiger partial charge on any atom is -0.297 e. The van der Waals surface area contributed by atoms with Crippen molar-refractivity contribution in [3.63, 3.8) is 0 Å². The number of thioether (sulfide) groups is 1. The first-order valence-electron chi connectivity index (χ1n) is 4.43. The molecule has 1 aromatic heterocycles. The van der Waals surface area contributed by atoms with Crippen molar-refractivity contribution >= 4 is 35.2 Å². The van der Waals surface area contributed by atoms with Crippen molar-refractivity contribution in [2.75, 3.05) is 0 Å². The fourth-order valence-corrected chi connectivity index (χ4v) is 3.99. The number of fused-ring (bicyclic) bond motifs is 1. The molecule has 0 amide bonds. The van der Waals surface area contributed by atoms with E-state index >= 15 is 0 Å². The summed E-state index contributed by atoms with van der Waals surface area (Å²) in [5.74, 6) is 0.538. The van der Waals surface area contributed by atoms with Gasteiger partial charge in [-0.2, -0.15) is 0 Å². The molecular formula is C10H10O2S2. The number of rotatable bonds is 2. The van der Waals surface area contributed by atoms with Crippen LogP contribution in [-0.2, 0) is 0 Å². The summed E-state index contributed by atoms with van der Waals surface area (Å²) in [4.78, 5) is 23.0. The third-order valence-corrected chi connectivity index (χ3v) is 5.04. The summed E-state index contributed by atoms with van der Waals surface area (Å²) in [5.41, 5.74) is 0.751. The quantitative estimate of drug-likeness (QED) is 0.727. The molecule has 1 atom stereocenters. The van der Waals surface area contributed by atoms with Crippen LogP contribution in [0.2, 0.25) is 0 Å². The number of ketones is 1. The molecular weight excluding hydrogens is 216 g/mol. The molecule has 2 nitrogen and oxygen atoms in total. The lowest BCUT2D eigenvalue weighted by Crippen LogP contribution is -2.17. The molecule has 14 heavy (non-hydrogen) atoms. The van der Waals surface area contributed by atoms with Crippen LogP contribution < -0.4 is 0 Å².